The minimum Gasteiger partial charge on any atom is -0.365 e. The van der Waals surface area contributed by atoms with Crippen LogP contribution in [-0.2, 0) is 4.74 Å². The van der Waals surface area contributed by atoms with E-state index in [4.69, 9.17) is 4.74 Å². The van der Waals surface area contributed by atoms with Crippen LogP contribution in [0, 0.1) is 0 Å². The summed E-state index contributed by atoms with van der Waals surface area (Å²) in [5.74, 6) is 0. The molecule has 1 aromatic heterocycles. The molecule has 0 radical (unpaired) electrons. The third-order valence-corrected chi connectivity index (χ3v) is 2.44. The number of hydrogen-bond acceptors (Lipinski definition) is 2. The van der Waals surface area contributed by atoms with E-state index in [1.54, 1.807) is 11.3 Å². The first-order valence-electron chi connectivity index (χ1n) is 3.28. The van der Waals surface area contributed by atoms with Crippen molar-refractivity contribution in [3.05, 3.63) is 34.5 Å². The van der Waals surface area contributed by atoms with Crippen LogP contribution in [0.15, 0.2) is 29.7 Å². The van der Waals surface area contributed by atoms with Crippen molar-refractivity contribution in [2.24, 2.45) is 0 Å². The van der Waals surface area contributed by atoms with Gasteiger partial charge in [-0.15, -0.1) is 11.3 Å². The van der Waals surface area contributed by atoms with E-state index in [0.29, 0.717) is 0 Å². The van der Waals surface area contributed by atoms with Gasteiger partial charge in [-0.05, 0) is 11.4 Å². The van der Waals surface area contributed by atoms with Gasteiger partial charge in [-0.3, -0.25) is 0 Å². The smallest absolute Gasteiger partial charge is 0.110 e. The lowest BCUT2D eigenvalue weighted by molar-refractivity contribution is 0.132. The van der Waals surface area contributed by atoms with Crippen molar-refractivity contribution < 1.29 is 4.74 Å². The van der Waals surface area contributed by atoms with Crippen LogP contribution in [0.5, 0.6) is 0 Å². The molecule has 0 saturated heterocycles. The van der Waals surface area contributed by atoms with Crippen molar-refractivity contribution in [1.82, 2.24) is 0 Å². The monoisotopic (exact) mass is 152 g/mol. The molecule has 0 fully saturated rings. The lowest BCUT2D eigenvalue weighted by Gasteiger charge is -2.03. The molecular formula is C8H8OS. The summed E-state index contributed by atoms with van der Waals surface area (Å²) in [4.78, 5) is 1.30. The topological polar surface area (TPSA) is 9.23 Å². The highest BCUT2D eigenvalue weighted by molar-refractivity contribution is 7.10. The van der Waals surface area contributed by atoms with Crippen molar-refractivity contribution in [1.29, 1.82) is 0 Å². The molecule has 1 atom stereocenters. The molecule has 0 N–H and O–H groups in total. The molecule has 0 spiro atoms. The Bertz CT molecular complexity index is 225. The zero-order valence-corrected chi connectivity index (χ0v) is 6.30. The van der Waals surface area contributed by atoms with Crippen molar-refractivity contribution in [3.63, 3.8) is 0 Å². The number of ether oxygens (including phenoxy) is 1. The Balaban J connectivity index is 2.20. The summed E-state index contributed by atoms with van der Waals surface area (Å²) in [5, 5.41) is 2.07. The predicted octanol–water partition coefficient (Wildman–Crippen LogP) is 2.38. The molecule has 1 nitrogen and oxygen atoms in total. The molecule has 2 heterocycles. The summed E-state index contributed by atoms with van der Waals surface area (Å²) in [6, 6.07) is 4.15. The zero-order valence-electron chi connectivity index (χ0n) is 5.49. The summed E-state index contributed by atoms with van der Waals surface area (Å²) in [5.41, 5.74) is 0. The molecule has 1 aliphatic heterocycles. The fraction of sp³-hybridized carbons (Fsp3) is 0.250. The van der Waals surface area contributed by atoms with Crippen LogP contribution < -0.4 is 0 Å². The first-order valence-corrected chi connectivity index (χ1v) is 4.16. The molecule has 2 heteroatoms. The average molecular weight is 152 g/mol. The van der Waals surface area contributed by atoms with Gasteiger partial charge in [0.2, 0.25) is 0 Å². The number of thiophene rings is 1. The largest absolute Gasteiger partial charge is 0.365 e. The van der Waals surface area contributed by atoms with E-state index in [1.807, 2.05) is 0 Å². The second kappa shape index (κ2) is 2.56. The molecule has 2 rings (SSSR count). The van der Waals surface area contributed by atoms with Gasteiger partial charge in [0.25, 0.3) is 0 Å². The van der Waals surface area contributed by atoms with Crippen molar-refractivity contribution in [2.75, 3.05) is 6.61 Å². The van der Waals surface area contributed by atoms with Gasteiger partial charge in [-0.25, -0.2) is 0 Å². The lowest BCUT2D eigenvalue weighted by atomic mass is 10.3. The van der Waals surface area contributed by atoms with E-state index in [9.17, 15) is 0 Å². The van der Waals surface area contributed by atoms with Crippen LogP contribution in [0.3, 0.4) is 0 Å². The Labute approximate surface area is 63.9 Å². The lowest BCUT2D eigenvalue weighted by Crippen LogP contribution is -1.90. The van der Waals surface area contributed by atoms with Crippen LogP contribution in [0.1, 0.15) is 11.0 Å². The SMILES string of the molecule is C1=C[C@@H](c2cccs2)OC1. The van der Waals surface area contributed by atoms with E-state index >= 15 is 0 Å². The highest BCUT2D eigenvalue weighted by atomic mass is 32.1. The van der Waals surface area contributed by atoms with E-state index in [-0.39, 0.29) is 6.10 Å². The fourth-order valence-electron chi connectivity index (χ4n) is 1.02. The Morgan fingerprint density at radius 3 is 3.20 bits per heavy atom. The highest BCUT2D eigenvalue weighted by Crippen LogP contribution is 2.26. The van der Waals surface area contributed by atoms with Gasteiger partial charge in [-0.1, -0.05) is 18.2 Å². The van der Waals surface area contributed by atoms with Crippen molar-refractivity contribution >= 4 is 11.3 Å². The molecular weight excluding hydrogens is 144 g/mol. The molecule has 0 bridgehead atoms. The van der Waals surface area contributed by atoms with E-state index in [2.05, 4.69) is 29.7 Å². The van der Waals surface area contributed by atoms with Crippen LogP contribution in [0.2, 0.25) is 0 Å². The summed E-state index contributed by atoms with van der Waals surface area (Å²) in [7, 11) is 0. The van der Waals surface area contributed by atoms with Gasteiger partial charge < -0.3 is 4.74 Å². The molecule has 52 valence electrons. The molecule has 0 aromatic carbocycles. The van der Waals surface area contributed by atoms with Gasteiger partial charge in [0, 0.05) is 4.88 Å². The molecule has 0 aliphatic carbocycles. The fourth-order valence-corrected chi connectivity index (χ4v) is 1.78. The number of rotatable bonds is 1. The van der Waals surface area contributed by atoms with Gasteiger partial charge in [0.15, 0.2) is 0 Å². The maximum absolute atomic E-state index is 5.40. The Hall–Kier alpha value is -0.600. The van der Waals surface area contributed by atoms with Crippen LogP contribution in [0.25, 0.3) is 0 Å². The summed E-state index contributed by atoms with van der Waals surface area (Å²) < 4.78 is 5.40. The quantitative estimate of drug-likeness (QED) is 0.561. The highest BCUT2D eigenvalue weighted by Gasteiger charge is 2.11. The average Bonchev–Trinajstić information content (AvgIpc) is 2.59. The summed E-state index contributed by atoms with van der Waals surface area (Å²) in [6.07, 6.45) is 4.40. The third kappa shape index (κ3) is 1.00. The third-order valence-electron chi connectivity index (χ3n) is 1.51. The van der Waals surface area contributed by atoms with Crippen molar-refractivity contribution in [3.8, 4) is 0 Å². The second-order valence-corrected chi connectivity index (χ2v) is 3.18. The summed E-state index contributed by atoms with van der Waals surface area (Å²) in [6.45, 7) is 0.766. The van der Waals surface area contributed by atoms with Crippen molar-refractivity contribution in [2.45, 2.75) is 6.10 Å². The van der Waals surface area contributed by atoms with Gasteiger partial charge in [-0.2, -0.15) is 0 Å². The maximum atomic E-state index is 5.40. The molecule has 0 unspecified atom stereocenters. The minimum absolute atomic E-state index is 0.236. The molecule has 10 heavy (non-hydrogen) atoms. The predicted molar refractivity (Wildman–Crippen MR) is 42.2 cm³/mol. The first-order chi connectivity index (χ1) is 4.97. The Kier molecular flexibility index (Phi) is 1.57. The van der Waals surface area contributed by atoms with Gasteiger partial charge in [0.05, 0.1) is 6.61 Å². The molecule has 1 aliphatic rings. The van der Waals surface area contributed by atoms with E-state index in [0.717, 1.165) is 6.61 Å². The first kappa shape index (κ1) is 6.13. The van der Waals surface area contributed by atoms with Gasteiger partial charge >= 0.3 is 0 Å². The summed E-state index contributed by atoms with van der Waals surface area (Å²) >= 11 is 1.74. The Morgan fingerprint density at radius 1 is 1.60 bits per heavy atom. The van der Waals surface area contributed by atoms with Crippen LogP contribution in [-0.4, -0.2) is 6.61 Å². The van der Waals surface area contributed by atoms with Crippen LogP contribution in [0.4, 0.5) is 0 Å². The van der Waals surface area contributed by atoms with E-state index in [1.165, 1.54) is 4.88 Å². The zero-order chi connectivity index (χ0) is 6.81. The minimum atomic E-state index is 0.236. The van der Waals surface area contributed by atoms with Gasteiger partial charge in [0.1, 0.15) is 6.10 Å². The number of hydrogen-bond donors (Lipinski definition) is 0. The molecule has 0 saturated carbocycles. The standard InChI is InChI=1S/C8H8OS/c1-3-7(9-5-1)8-4-2-6-10-8/h1-4,6-7H,5H2/t7-/m0/s1. The molecule has 0 amide bonds. The second-order valence-electron chi connectivity index (χ2n) is 2.20. The molecule has 1 aromatic rings. The van der Waals surface area contributed by atoms with Crippen LogP contribution >= 0.6 is 11.3 Å². The van der Waals surface area contributed by atoms with E-state index < -0.39 is 0 Å². The maximum Gasteiger partial charge on any atom is 0.110 e. The normalized spacial score (nSPS) is 23.8. The Morgan fingerprint density at radius 2 is 2.60 bits per heavy atom.